The van der Waals surface area contributed by atoms with Crippen molar-refractivity contribution in [2.45, 2.75) is 44.1 Å². The van der Waals surface area contributed by atoms with Crippen molar-refractivity contribution in [3.05, 3.63) is 35.4 Å². The van der Waals surface area contributed by atoms with E-state index in [1.54, 1.807) is 6.92 Å². The number of aliphatic hydroxyl groups excluding tert-OH is 1. The molecule has 0 aromatic heterocycles. The van der Waals surface area contributed by atoms with Crippen molar-refractivity contribution in [1.82, 2.24) is 0 Å². The lowest BCUT2D eigenvalue weighted by Crippen LogP contribution is -2.39. The predicted molar refractivity (Wildman–Crippen MR) is 64.6 cm³/mol. The predicted octanol–water partition coefficient (Wildman–Crippen LogP) is 3.70. The molecule has 1 saturated heterocycles. The van der Waals surface area contributed by atoms with E-state index < -0.39 is 23.4 Å². The molecule has 0 saturated carbocycles. The minimum absolute atomic E-state index is 0.249. The molecule has 1 N–H and O–H groups in total. The van der Waals surface area contributed by atoms with Crippen molar-refractivity contribution in [1.29, 1.82) is 0 Å². The van der Waals surface area contributed by atoms with Gasteiger partial charge in [0.25, 0.3) is 0 Å². The van der Waals surface area contributed by atoms with Gasteiger partial charge in [-0.1, -0.05) is 12.1 Å². The van der Waals surface area contributed by atoms with Crippen molar-refractivity contribution >= 4 is 0 Å². The topological polar surface area (TPSA) is 29.5 Å². The van der Waals surface area contributed by atoms with E-state index in [1.807, 2.05) is 0 Å². The minimum atomic E-state index is -4.40. The Balaban J connectivity index is 2.26. The Morgan fingerprint density at radius 3 is 2.63 bits per heavy atom. The standard InChI is InChI=1S/C14H17F3O2/c1-13(7-2-3-8-19-13)12(18)10-5-4-6-11(9-10)14(15,16)17/h4-6,9,12,18H,2-3,7-8H2,1H3. The van der Waals surface area contributed by atoms with Crippen LogP contribution in [0.3, 0.4) is 0 Å². The molecule has 5 heteroatoms. The Morgan fingerprint density at radius 1 is 1.32 bits per heavy atom. The van der Waals surface area contributed by atoms with Crippen molar-refractivity contribution in [3.8, 4) is 0 Å². The van der Waals surface area contributed by atoms with Crippen LogP contribution in [0.15, 0.2) is 24.3 Å². The number of rotatable bonds is 2. The molecular formula is C14H17F3O2. The van der Waals surface area contributed by atoms with Crippen molar-refractivity contribution in [2.24, 2.45) is 0 Å². The van der Waals surface area contributed by atoms with Gasteiger partial charge < -0.3 is 9.84 Å². The molecule has 2 rings (SSSR count). The quantitative estimate of drug-likeness (QED) is 0.891. The van der Waals surface area contributed by atoms with Crippen LogP contribution < -0.4 is 0 Å². The lowest BCUT2D eigenvalue weighted by Gasteiger charge is -2.38. The minimum Gasteiger partial charge on any atom is -0.385 e. The summed E-state index contributed by atoms with van der Waals surface area (Å²) in [6.07, 6.45) is -2.97. The molecule has 1 heterocycles. The fourth-order valence-electron chi connectivity index (χ4n) is 2.41. The molecule has 19 heavy (non-hydrogen) atoms. The Hall–Kier alpha value is -1.07. The van der Waals surface area contributed by atoms with Crippen LogP contribution in [0.2, 0.25) is 0 Å². The van der Waals surface area contributed by atoms with Gasteiger partial charge >= 0.3 is 6.18 Å². The molecule has 0 aliphatic carbocycles. The van der Waals surface area contributed by atoms with Crippen molar-refractivity contribution in [2.75, 3.05) is 6.61 Å². The van der Waals surface area contributed by atoms with Gasteiger partial charge in [0, 0.05) is 6.61 Å². The third kappa shape index (κ3) is 3.09. The van der Waals surface area contributed by atoms with Gasteiger partial charge in [0.1, 0.15) is 6.10 Å². The maximum Gasteiger partial charge on any atom is 0.416 e. The van der Waals surface area contributed by atoms with E-state index in [-0.39, 0.29) is 5.56 Å². The molecule has 0 bridgehead atoms. The average Bonchev–Trinajstić information content (AvgIpc) is 2.38. The smallest absolute Gasteiger partial charge is 0.385 e. The zero-order valence-corrected chi connectivity index (χ0v) is 10.7. The largest absolute Gasteiger partial charge is 0.416 e. The lowest BCUT2D eigenvalue weighted by molar-refractivity contribution is -0.141. The summed E-state index contributed by atoms with van der Waals surface area (Å²) in [6.45, 7) is 2.28. The summed E-state index contributed by atoms with van der Waals surface area (Å²) in [5.41, 5.74) is -1.30. The molecule has 2 nitrogen and oxygen atoms in total. The highest BCUT2D eigenvalue weighted by Gasteiger charge is 2.38. The fraction of sp³-hybridized carbons (Fsp3) is 0.571. The normalized spacial score (nSPS) is 26.2. The molecule has 0 radical (unpaired) electrons. The van der Waals surface area contributed by atoms with Gasteiger partial charge in [-0.15, -0.1) is 0 Å². The molecule has 1 aliphatic heterocycles. The SMILES string of the molecule is CC1(C(O)c2cccc(C(F)(F)F)c2)CCCCO1. The van der Waals surface area contributed by atoms with Crippen LogP contribution in [0.5, 0.6) is 0 Å². The van der Waals surface area contributed by atoms with Gasteiger partial charge in [-0.05, 0) is 43.9 Å². The summed E-state index contributed by atoms with van der Waals surface area (Å²) in [5.74, 6) is 0. The Bertz CT molecular complexity index is 437. The van der Waals surface area contributed by atoms with Crippen LogP contribution in [0.4, 0.5) is 13.2 Å². The summed E-state index contributed by atoms with van der Waals surface area (Å²) in [6, 6.07) is 4.81. The van der Waals surface area contributed by atoms with Gasteiger partial charge in [-0.3, -0.25) is 0 Å². The molecular weight excluding hydrogens is 257 g/mol. The average molecular weight is 274 g/mol. The van der Waals surface area contributed by atoms with E-state index in [0.29, 0.717) is 13.0 Å². The first-order valence-electron chi connectivity index (χ1n) is 6.32. The summed E-state index contributed by atoms with van der Waals surface area (Å²) in [4.78, 5) is 0. The zero-order chi connectivity index (χ0) is 14.1. The van der Waals surface area contributed by atoms with E-state index in [2.05, 4.69) is 0 Å². The number of halogens is 3. The van der Waals surface area contributed by atoms with Crippen LogP contribution >= 0.6 is 0 Å². The van der Waals surface area contributed by atoms with Crippen molar-refractivity contribution < 1.29 is 23.0 Å². The van der Waals surface area contributed by atoms with Gasteiger partial charge in [0.15, 0.2) is 0 Å². The molecule has 0 spiro atoms. The summed E-state index contributed by atoms with van der Waals surface area (Å²) in [7, 11) is 0. The second kappa shape index (κ2) is 5.13. The molecule has 2 atom stereocenters. The number of hydrogen-bond acceptors (Lipinski definition) is 2. The van der Waals surface area contributed by atoms with Crippen LogP contribution in [0.25, 0.3) is 0 Å². The van der Waals surface area contributed by atoms with E-state index >= 15 is 0 Å². The first kappa shape index (κ1) is 14.3. The van der Waals surface area contributed by atoms with E-state index in [1.165, 1.54) is 12.1 Å². The molecule has 1 fully saturated rings. The van der Waals surface area contributed by atoms with Gasteiger partial charge in [-0.25, -0.2) is 0 Å². The molecule has 1 aliphatic rings. The molecule has 106 valence electrons. The van der Waals surface area contributed by atoms with E-state index in [0.717, 1.165) is 25.0 Å². The second-order valence-electron chi connectivity index (χ2n) is 5.14. The first-order valence-corrected chi connectivity index (χ1v) is 6.32. The van der Waals surface area contributed by atoms with Crippen LogP contribution in [0.1, 0.15) is 43.4 Å². The Kier molecular flexibility index (Phi) is 3.87. The van der Waals surface area contributed by atoms with Gasteiger partial charge in [0.2, 0.25) is 0 Å². The number of aliphatic hydroxyl groups is 1. The fourth-order valence-corrected chi connectivity index (χ4v) is 2.41. The third-order valence-corrected chi connectivity index (χ3v) is 3.61. The van der Waals surface area contributed by atoms with Crippen LogP contribution in [-0.4, -0.2) is 17.3 Å². The monoisotopic (exact) mass is 274 g/mol. The van der Waals surface area contributed by atoms with Crippen molar-refractivity contribution in [3.63, 3.8) is 0 Å². The maximum absolute atomic E-state index is 12.7. The summed E-state index contributed by atoms with van der Waals surface area (Å²) < 4.78 is 43.5. The summed E-state index contributed by atoms with van der Waals surface area (Å²) >= 11 is 0. The highest BCUT2D eigenvalue weighted by molar-refractivity contribution is 5.28. The third-order valence-electron chi connectivity index (χ3n) is 3.61. The Morgan fingerprint density at radius 2 is 2.05 bits per heavy atom. The highest BCUT2D eigenvalue weighted by atomic mass is 19.4. The zero-order valence-electron chi connectivity index (χ0n) is 10.7. The van der Waals surface area contributed by atoms with Gasteiger partial charge in [-0.2, -0.15) is 13.2 Å². The van der Waals surface area contributed by atoms with Crippen LogP contribution in [-0.2, 0) is 10.9 Å². The first-order chi connectivity index (χ1) is 8.83. The number of alkyl halides is 3. The number of hydrogen-bond donors (Lipinski definition) is 1. The number of ether oxygens (including phenoxy) is 1. The summed E-state index contributed by atoms with van der Waals surface area (Å²) in [5, 5.41) is 10.3. The van der Waals surface area contributed by atoms with Gasteiger partial charge in [0.05, 0.1) is 11.2 Å². The second-order valence-corrected chi connectivity index (χ2v) is 5.14. The van der Waals surface area contributed by atoms with Crippen LogP contribution in [0, 0.1) is 0 Å². The Labute approximate surface area is 110 Å². The molecule has 2 unspecified atom stereocenters. The lowest BCUT2D eigenvalue weighted by atomic mass is 9.86. The maximum atomic E-state index is 12.7. The molecule has 1 aromatic carbocycles. The molecule has 1 aromatic rings. The highest BCUT2D eigenvalue weighted by Crippen LogP contribution is 2.38. The van der Waals surface area contributed by atoms with E-state index in [9.17, 15) is 18.3 Å². The number of benzene rings is 1. The van der Waals surface area contributed by atoms with E-state index in [4.69, 9.17) is 4.74 Å². The molecule has 0 amide bonds.